The summed E-state index contributed by atoms with van der Waals surface area (Å²) in [6, 6.07) is 0. The first-order chi connectivity index (χ1) is 27.7. The van der Waals surface area contributed by atoms with Gasteiger partial charge in [0.05, 0.1) is 0 Å². The van der Waals surface area contributed by atoms with Crippen LogP contribution in [0.25, 0.3) is 0 Å². The lowest BCUT2D eigenvalue weighted by atomic mass is 10.0. The summed E-state index contributed by atoms with van der Waals surface area (Å²) in [7, 11) is 0. The second-order valence-electron chi connectivity index (χ2n) is 18.4. The summed E-state index contributed by atoms with van der Waals surface area (Å²) in [6.45, 7) is 11.3. The fourth-order valence-corrected chi connectivity index (χ4v) is 7.64. The normalized spacial score (nSPS) is 12.1. The van der Waals surface area contributed by atoms with Gasteiger partial charge in [-0.05, 0) is 31.1 Å². The molecule has 0 aliphatic carbocycles. The zero-order valence-electron chi connectivity index (χ0n) is 39.0. The van der Waals surface area contributed by atoms with E-state index in [0.29, 0.717) is 19.3 Å². The SMILES string of the molecule is CCCCCCCCCCCCCCCC(=O)OC[C@H](COC(=O)CCCCCCCCC(C)C)OC(=O)CCCCCCCCCCCCCCCCC(C)C. The van der Waals surface area contributed by atoms with Crippen LogP contribution in [0.15, 0.2) is 0 Å². The molecule has 0 saturated carbocycles. The summed E-state index contributed by atoms with van der Waals surface area (Å²) in [4.78, 5) is 37.8. The van der Waals surface area contributed by atoms with Crippen molar-refractivity contribution < 1.29 is 28.6 Å². The van der Waals surface area contributed by atoms with Crippen LogP contribution in [0.4, 0.5) is 0 Å². The molecular formula is C51H98O6. The highest BCUT2D eigenvalue weighted by molar-refractivity contribution is 5.71. The minimum atomic E-state index is -0.761. The van der Waals surface area contributed by atoms with Crippen LogP contribution >= 0.6 is 0 Å². The smallest absolute Gasteiger partial charge is 0.306 e. The van der Waals surface area contributed by atoms with Gasteiger partial charge in [0.15, 0.2) is 6.10 Å². The first-order valence-corrected chi connectivity index (χ1v) is 25.2. The van der Waals surface area contributed by atoms with Gasteiger partial charge in [-0.1, -0.05) is 240 Å². The molecule has 0 saturated heterocycles. The third-order valence-corrected chi connectivity index (χ3v) is 11.5. The molecule has 0 aliphatic rings. The third-order valence-electron chi connectivity index (χ3n) is 11.5. The highest BCUT2D eigenvalue weighted by Crippen LogP contribution is 2.17. The second-order valence-corrected chi connectivity index (χ2v) is 18.4. The van der Waals surface area contributed by atoms with Crippen LogP contribution in [-0.2, 0) is 28.6 Å². The Hall–Kier alpha value is -1.59. The zero-order chi connectivity index (χ0) is 41.9. The highest BCUT2D eigenvalue weighted by Gasteiger charge is 2.19. The van der Waals surface area contributed by atoms with E-state index in [0.717, 1.165) is 69.6 Å². The number of rotatable bonds is 45. The Labute approximate surface area is 355 Å². The summed E-state index contributed by atoms with van der Waals surface area (Å²) in [6.07, 6.45) is 43.9. The average Bonchev–Trinajstić information content (AvgIpc) is 3.18. The summed E-state index contributed by atoms with van der Waals surface area (Å²) in [5.41, 5.74) is 0. The molecule has 0 aliphatic heterocycles. The van der Waals surface area contributed by atoms with E-state index in [9.17, 15) is 14.4 Å². The van der Waals surface area contributed by atoms with E-state index in [1.165, 1.54) is 167 Å². The number of carbonyl (C=O) groups is 3. The fourth-order valence-electron chi connectivity index (χ4n) is 7.64. The van der Waals surface area contributed by atoms with Crippen LogP contribution in [0.1, 0.15) is 279 Å². The third kappa shape index (κ3) is 45.3. The molecule has 338 valence electrons. The maximum atomic E-state index is 12.8. The van der Waals surface area contributed by atoms with Gasteiger partial charge >= 0.3 is 17.9 Å². The second kappa shape index (κ2) is 44.0. The number of hydrogen-bond donors (Lipinski definition) is 0. The molecular weight excluding hydrogens is 709 g/mol. The van der Waals surface area contributed by atoms with Gasteiger partial charge < -0.3 is 14.2 Å². The molecule has 0 N–H and O–H groups in total. The topological polar surface area (TPSA) is 78.9 Å². The van der Waals surface area contributed by atoms with E-state index >= 15 is 0 Å². The minimum absolute atomic E-state index is 0.0645. The van der Waals surface area contributed by atoms with Gasteiger partial charge in [-0.15, -0.1) is 0 Å². The van der Waals surface area contributed by atoms with Crippen molar-refractivity contribution in [2.45, 2.75) is 285 Å². The summed E-state index contributed by atoms with van der Waals surface area (Å²) in [5.74, 6) is 0.753. The molecule has 57 heavy (non-hydrogen) atoms. The van der Waals surface area contributed by atoms with Crippen LogP contribution in [-0.4, -0.2) is 37.2 Å². The van der Waals surface area contributed by atoms with Crippen LogP contribution in [0.3, 0.4) is 0 Å². The van der Waals surface area contributed by atoms with Crippen molar-refractivity contribution in [3.05, 3.63) is 0 Å². The quantitative estimate of drug-likeness (QED) is 0.0346. The predicted molar refractivity (Wildman–Crippen MR) is 243 cm³/mol. The Balaban J connectivity index is 4.27. The number of hydrogen-bond acceptors (Lipinski definition) is 6. The minimum Gasteiger partial charge on any atom is -0.462 e. The Bertz CT molecular complexity index is 870. The maximum absolute atomic E-state index is 12.8. The van der Waals surface area contributed by atoms with E-state index in [1.54, 1.807) is 0 Å². The van der Waals surface area contributed by atoms with Gasteiger partial charge in [-0.2, -0.15) is 0 Å². The molecule has 0 radical (unpaired) electrons. The van der Waals surface area contributed by atoms with Gasteiger partial charge in [0.25, 0.3) is 0 Å². The van der Waals surface area contributed by atoms with Crippen LogP contribution in [0.5, 0.6) is 0 Å². The van der Waals surface area contributed by atoms with E-state index in [1.807, 2.05) is 0 Å². The average molecular weight is 807 g/mol. The lowest BCUT2D eigenvalue weighted by Gasteiger charge is -2.18. The van der Waals surface area contributed by atoms with Crippen molar-refractivity contribution in [3.8, 4) is 0 Å². The maximum Gasteiger partial charge on any atom is 0.306 e. The standard InChI is InChI=1S/C51H98O6/c1-6-7-8-9-10-11-12-15-19-22-25-31-36-41-49(52)55-44-48(45-56-50(53)42-37-32-28-27-30-35-40-47(4)5)57-51(54)43-38-33-26-23-20-17-14-13-16-18-21-24-29-34-39-46(2)3/h46-48H,6-45H2,1-5H3/t48-/m1/s1. The number of esters is 3. The molecule has 0 aromatic carbocycles. The molecule has 6 heteroatoms. The Morgan fingerprint density at radius 2 is 0.579 bits per heavy atom. The Kier molecular flexibility index (Phi) is 42.7. The van der Waals surface area contributed by atoms with E-state index in [2.05, 4.69) is 34.6 Å². The van der Waals surface area contributed by atoms with E-state index < -0.39 is 6.10 Å². The van der Waals surface area contributed by atoms with Crippen molar-refractivity contribution in [1.82, 2.24) is 0 Å². The molecule has 0 fully saturated rings. The van der Waals surface area contributed by atoms with Crippen molar-refractivity contribution in [2.24, 2.45) is 11.8 Å². The molecule has 0 spiro atoms. The van der Waals surface area contributed by atoms with Crippen molar-refractivity contribution in [1.29, 1.82) is 0 Å². The van der Waals surface area contributed by atoms with Crippen molar-refractivity contribution in [2.75, 3.05) is 13.2 Å². The number of ether oxygens (including phenoxy) is 3. The molecule has 0 aromatic rings. The lowest BCUT2D eigenvalue weighted by Crippen LogP contribution is -2.30. The molecule has 0 heterocycles. The lowest BCUT2D eigenvalue weighted by molar-refractivity contribution is -0.167. The zero-order valence-corrected chi connectivity index (χ0v) is 39.0. The largest absolute Gasteiger partial charge is 0.462 e. The monoisotopic (exact) mass is 807 g/mol. The Morgan fingerprint density at radius 3 is 0.860 bits per heavy atom. The number of carbonyl (C=O) groups excluding carboxylic acids is 3. The number of unbranched alkanes of at least 4 members (excludes halogenated alkanes) is 30. The highest BCUT2D eigenvalue weighted by atomic mass is 16.6. The van der Waals surface area contributed by atoms with E-state index in [4.69, 9.17) is 14.2 Å². The molecule has 0 bridgehead atoms. The molecule has 6 nitrogen and oxygen atoms in total. The van der Waals surface area contributed by atoms with Gasteiger partial charge in [0.1, 0.15) is 13.2 Å². The van der Waals surface area contributed by atoms with Gasteiger partial charge in [-0.25, -0.2) is 0 Å². The van der Waals surface area contributed by atoms with E-state index in [-0.39, 0.29) is 31.1 Å². The Morgan fingerprint density at radius 1 is 0.333 bits per heavy atom. The fraction of sp³-hybridized carbons (Fsp3) is 0.941. The van der Waals surface area contributed by atoms with Gasteiger partial charge in [-0.3, -0.25) is 14.4 Å². The summed E-state index contributed by atoms with van der Waals surface area (Å²) < 4.78 is 16.8. The molecule has 0 amide bonds. The summed E-state index contributed by atoms with van der Waals surface area (Å²) >= 11 is 0. The van der Waals surface area contributed by atoms with Gasteiger partial charge in [0, 0.05) is 19.3 Å². The molecule has 1 atom stereocenters. The molecule has 0 unspecified atom stereocenters. The first kappa shape index (κ1) is 55.4. The van der Waals surface area contributed by atoms with Crippen LogP contribution < -0.4 is 0 Å². The van der Waals surface area contributed by atoms with Crippen molar-refractivity contribution in [3.63, 3.8) is 0 Å². The van der Waals surface area contributed by atoms with Crippen molar-refractivity contribution >= 4 is 17.9 Å². The van der Waals surface area contributed by atoms with Gasteiger partial charge in [0.2, 0.25) is 0 Å². The first-order valence-electron chi connectivity index (χ1n) is 25.2. The van der Waals surface area contributed by atoms with Crippen LogP contribution in [0.2, 0.25) is 0 Å². The molecule has 0 rings (SSSR count). The molecule has 0 aromatic heterocycles. The van der Waals surface area contributed by atoms with Crippen LogP contribution in [0, 0.1) is 11.8 Å². The summed E-state index contributed by atoms with van der Waals surface area (Å²) in [5, 5.41) is 0. The predicted octanol–water partition coefficient (Wildman–Crippen LogP) is 16.1.